The molecule has 0 spiro atoms. The van der Waals surface area contributed by atoms with Crippen molar-refractivity contribution in [3.63, 3.8) is 0 Å². The summed E-state index contributed by atoms with van der Waals surface area (Å²) in [6.45, 7) is 2.16. The molecular formula is C38H66N12O8Si4+2. The molecule has 6 N–H and O–H groups in total. The van der Waals surface area contributed by atoms with Crippen LogP contribution < -0.4 is 31.2 Å². The summed E-state index contributed by atoms with van der Waals surface area (Å²) in [4.78, 5) is 0. The Balaban J connectivity index is 1.22. The van der Waals surface area contributed by atoms with Crippen molar-refractivity contribution in [1.82, 2.24) is 9.13 Å². The van der Waals surface area contributed by atoms with Crippen LogP contribution in [0, 0.1) is 0 Å². The zero-order valence-corrected chi connectivity index (χ0v) is 41.4. The van der Waals surface area contributed by atoms with E-state index < -0.39 is 35.2 Å². The molecular weight excluding hydrogens is 865 g/mol. The zero-order valence-electron chi connectivity index (χ0n) is 37.4. The van der Waals surface area contributed by atoms with Gasteiger partial charge in [-0.1, -0.05) is 10.2 Å². The van der Waals surface area contributed by atoms with Crippen molar-refractivity contribution in [2.45, 2.75) is 49.9 Å². The molecule has 0 saturated carbocycles. The van der Waals surface area contributed by atoms with Crippen molar-refractivity contribution in [2.24, 2.45) is 60.1 Å². The largest absolute Gasteiger partial charge is 0.493 e. The van der Waals surface area contributed by atoms with Gasteiger partial charge in [0.15, 0.2) is 0 Å². The Bertz CT molecular complexity index is 1990. The molecule has 1 saturated heterocycles. The van der Waals surface area contributed by atoms with E-state index in [2.05, 4.69) is 31.1 Å². The number of nitrogens with zero attached hydrogens (tertiary/aromatic N) is 8. The van der Waals surface area contributed by atoms with Crippen LogP contribution in [0.2, 0.25) is 24.2 Å². The number of nitrogens with two attached hydrogens (primary N) is 2. The minimum absolute atomic E-state index is 0.432. The van der Waals surface area contributed by atoms with Crippen molar-refractivity contribution >= 4 is 69.9 Å². The molecule has 62 heavy (non-hydrogen) atoms. The van der Waals surface area contributed by atoms with E-state index >= 15 is 0 Å². The van der Waals surface area contributed by atoms with Crippen LogP contribution in [0.3, 0.4) is 0 Å². The zero-order chi connectivity index (χ0) is 44.6. The average Bonchev–Trinajstić information content (AvgIpc) is 3.78. The summed E-state index contributed by atoms with van der Waals surface area (Å²) in [7, 11) is 0.736. The van der Waals surface area contributed by atoms with E-state index in [1.165, 1.54) is 0 Å². The maximum Gasteiger partial charge on any atom is 0.493 e. The Morgan fingerprint density at radius 3 is 1.53 bits per heavy atom. The van der Waals surface area contributed by atoms with E-state index in [0.29, 0.717) is 69.6 Å². The summed E-state index contributed by atoms with van der Waals surface area (Å²) in [5.41, 5.74) is 15.4. The van der Waals surface area contributed by atoms with E-state index in [0.717, 1.165) is 41.1 Å². The molecule has 1 atom stereocenters. The van der Waals surface area contributed by atoms with Gasteiger partial charge in [0.05, 0.1) is 53.0 Å². The minimum atomic E-state index is -3.63. The van der Waals surface area contributed by atoms with Crippen LogP contribution in [0.5, 0.6) is 0 Å². The number of aromatic nitrogens is 4. The Kier molecular flexibility index (Phi) is 18.4. The second-order valence-electron chi connectivity index (χ2n) is 14.9. The third-order valence-electron chi connectivity index (χ3n) is 10.4. The number of aryl methyl sites for hydroxylation is 4. The molecule has 0 amide bonds. The van der Waals surface area contributed by atoms with Gasteiger partial charge in [-0.15, -0.1) is 0 Å². The first-order valence-electron chi connectivity index (χ1n) is 20.8. The fraction of sp³-hybridized carbons (Fsp3) is 0.526. The fourth-order valence-electron chi connectivity index (χ4n) is 6.82. The normalized spacial score (nSPS) is 19.0. The van der Waals surface area contributed by atoms with Gasteiger partial charge in [0.2, 0.25) is 0 Å². The first kappa shape index (κ1) is 49.1. The minimum Gasteiger partial charge on any atom is -0.385 e. The lowest BCUT2D eigenvalue weighted by Crippen LogP contribution is -2.76. The van der Waals surface area contributed by atoms with Crippen LogP contribution in [0.15, 0.2) is 93.8 Å². The van der Waals surface area contributed by atoms with E-state index in [-0.39, 0.29) is 0 Å². The van der Waals surface area contributed by atoms with Gasteiger partial charge in [0.1, 0.15) is 11.4 Å². The van der Waals surface area contributed by atoms with Gasteiger partial charge in [0, 0.05) is 87.3 Å². The lowest BCUT2D eigenvalue weighted by atomic mass is 10.3. The number of benzene rings is 2. The number of hydrogen-bond donors (Lipinski definition) is 4. The Labute approximate surface area is 369 Å². The smallest absolute Gasteiger partial charge is 0.385 e. The van der Waals surface area contributed by atoms with Crippen LogP contribution in [0.1, 0.15) is 25.7 Å². The van der Waals surface area contributed by atoms with Crippen LogP contribution in [0.4, 0.5) is 34.6 Å². The number of imidazole rings is 2. The van der Waals surface area contributed by atoms with Gasteiger partial charge in [0.25, 0.3) is 0 Å². The van der Waals surface area contributed by atoms with Crippen LogP contribution in [-0.4, -0.2) is 99.0 Å². The molecule has 0 radical (unpaired) electrons. The number of rotatable bonds is 28. The average molecular weight is 931 g/mol. The standard InChI is InChI=1S/C38H64N12O8Si4/c1-47-25-26-48(2)37(47)45-43-35-17-13-33(14-18-35)41-23-11-31-60(53-7,55-59(51-5,52-6)29-9-21-39)56-62(30-10-22-40)57-61(54-8,58-62)32-12-24-42-34-15-19-36(20-16-34)44-46-38-49(3)27-28-50(38)4/h13-20,25-28H,9-12,21-24,29-32,39-40H2,1-8H3/p+2. The maximum atomic E-state index is 7.04. The van der Waals surface area contributed by atoms with Crippen molar-refractivity contribution in [1.29, 1.82) is 0 Å². The molecule has 2 aromatic carbocycles. The van der Waals surface area contributed by atoms with Crippen molar-refractivity contribution in [2.75, 3.05) is 65.3 Å². The third-order valence-corrected chi connectivity index (χ3v) is 26.7. The summed E-state index contributed by atoms with van der Waals surface area (Å²) in [6.07, 6.45) is 10.4. The van der Waals surface area contributed by atoms with Gasteiger partial charge >= 0.3 is 47.1 Å². The van der Waals surface area contributed by atoms with Crippen LogP contribution in [-0.2, 0) is 62.4 Å². The molecule has 4 aromatic rings. The number of nitrogens with one attached hydrogen (secondary N) is 2. The predicted molar refractivity (Wildman–Crippen MR) is 243 cm³/mol. The van der Waals surface area contributed by atoms with Crippen molar-refractivity contribution in [3.05, 3.63) is 73.3 Å². The van der Waals surface area contributed by atoms with E-state index in [9.17, 15) is 0 Å². The van der Waals surface area contributed by atoms with E-state index in [1.54, 1.807) is 28.4 Å². The summed E-state index contributed by atoms with van der Waals surface area (Å²) in [5.74, 6) is 1.49. The van der Waals surface area contributed by atoms with Gasteiger partial charge < -0.3 is 56.3 Å². The van der Waals surface area contributed by atoms with Crippen molar-refractivity contribution < 1.29 is 43.3 Å². The van der Waals surface area contributed by atoms with Gasteiger partial charge in [-0.2, -0.15) is 0 Å². The molecule has 1 unspecified atom stereocenters. The number of anilines is 2. The van der Waals surface area contributed by atoms with Crippen LogP contribution >= 0.6 is 0 Å². The summed E-state index contributed by atoms with van der Waals surface area (Å²) >= 11 is 0. The molecule has 0 aliphatic carbocycles. The second-order valence-corrected chi connectivity index (χ2v) is 27.3. The lowest BCUT2D eigenvalue weighted by Gasteiger charge is -2.52. The summed E-state index contributed by atoms with van der Waals surface area (Å²) < 4.78 is 59.6. The van der Waals surface area contributed by atoms with Gasteiger partial charge in [-0.25, -0.2) is 18.3 Å². The Hall–Kier alpha value is -3.87. The first-order chi connectivity index (χ1) is 29.9. The Morgan fingerprint density at radius 2 is 1.10 bits per heavy atom. The topological polar surface area (TPSA) is 217 Å². The van der Waals surface area contributed by atoms with Gasteiger partial charge in [-0.05, 0) is 87.3 Å². The van der Waals surface area contributed by atoms with Gasteiger partial charge in [-0.3, -0.25) is 0 Å². The molecule has 0 bridgehead atoms. The molecule has 340 valence electrons. The molecule has 20 nitrogen and oxygen atoms in total. The summed E-state index contributed by atoms with van der Waals surface area (Å²) in [6, 6.07) is 17.6. The molecule has 1 aliphatic heterocycles. The molecule has 5 rings (SSSR count). The highest BCUT2D eigenvalue weighted by atomic mass is 28.6. The molecule has 24 heteroatoms. The fourth-order valence-corrected chi connectivity index (χ4v) is 24.8. The third kappa shape index (κ3) is 13.1. The van der Waals surface area contributed by atoms with Crippen LogP contribution in [0.25, 0.3) is 0 Å². The van der Waals surface area contributed by atoms with E-state index in [1.807, 2.05) is 120 Å². The highest BCUT2D eigenvalue weighted by molar-refractivity contribution is 6.92. The summed E-state index contributed by atoms with van der Waals surface area (Å²) in [5, 5.41) is 24.5. The lowest BCUT2D eigenvalue weighted by molar-refractivity contribution is -0.657. The molecule has 3 heterocycles. The maximum absolute atomic E-state index is 7.04. The predicted octanol–water partition coefficient (Wildman–Crippen LogP) is 5.27. The SMILES string of the molecule is CO[Si](CCCN)(OC)O[Si](CCCNc1ccc(N=Nc2n(C)cc[n+]2C)cc1)(OC)O[Si]1(CCCN)O[Si](CCCNc2ccc(N=Nc3n(C)cc[n+]3C)cc2)(OC)O1. The quantitative estimate of drug-likeness (QED) is 0.0248. The second kappa shape index (κ2) is 23.2. The Morgan fingerprint density at radius 1 is 0.629 bits per heavy atom. The number of hydrogen-bond acceptors (Lipinski definition) is 16. The van der Waals surface area contributed by atoms with E-state index in [4.69, 9.17) is 45.6 Å². The number of azo groups is 2. The monoisotopic (exact) mass is 930 g/mol. The molecule has 1 fully saturated rings. The van der Waals surface area contributed by atoms with Crippen molar-refractivity contribution in [3.8, 4) is 0 Å². The molecule has 2 aromatic heterocycles. The highest BCUT2D eigenvalue weighted by Gasteiger charge is 2.70. The highest BCUT2D eigenvalue weighted by Crippen LogP contribution is 2.43. The molecule has 1 aliphatic rings. The first-order valence-corrected chi connectivity index (χ1v) is 28.6.